The van der Waals surface area contributed by atoms with Crippen LogP contribution in [-0.4, -0.2) is 125 Å². The number of nitrogens with zero attached hydrogens (tertiary/aromatic N) is 4. The quantitative estimate of drug-likeness (QED) is 0.0832. The molecule has 19 heteroatoms. The number of anilines is 1. The van der Waals surface area contributed by atoms with Crippen LogP contribution in [0.15, 0.2) is 82.1 Å². The number of rotatable bonds is 13. The Kier molecular flexibility index (Phi) is 12.2. The molecule has 7 N–H and O–H groups in total. The molecule has 5 heterocycles. The molecule has 2 aromatic heterocycles. The second-order valence-corrected chi connectivity index (χ2v) is 15.4. The van der Waals surface area contributed by atoms with E-state index in [0.717, 1.165) is 22.6 Å². The molecule has 19 nitrogen and oxygen atoms in total. The van der Waals surface area contributed by atoms with Crippen molar-refractivity contribution in [2.24, 2.45) is 0 Å². The first-order valence-corrected chi connectivity index (χ1v) is 20.0. The lowest BCUT2D eigenvalue weighted by Crippen LogP contribution is -2.44. The van der Waals surface area contributed by atoms with Crippen LogP contribution in [0.2, 0.25) is 0 Å². The minimum absolute atomic E-state index is 0.0372. The molecule has 0 spiro atoms. The van der Waals surface area contributed by atoms with Crippen molar-refractivity contribution in [2.75, 3.05) is 45.3 Å². The van der Waals surface area contributed by atoms with Crippen molar-refractivity contribution >= 4 is 28.8 Å². The van der Waals surface area contributed by atoms with Gasteiger partial charge < -0.3 is 64.9 Å². The van der Waals surface area contributed by atoms with E-state index >= 15 is 0 Å². The van der Waals surface area contributed by atoms with Crippen molar-refractivity contribution in [1.82, 2.24) is 36.3 Å². The predicted molar refractivity (Wildman–Crippen MR) is 219 cm³/mol. The van der Waals surface area contributed by atoms with Crippen molar-refractivity contribution in [3.63, 3.8) is 0 Å². The number of hydrogen-bond donors (Lipinski definition) is 7. The first-order chi connectivity index (χ1) is 29.5. The Bertz CT molecular complexity index is 2410. The van der Waals surface area contributed by atoms with Gasteiger partial charge in [-0.25, -0.2) is 19.1 Å². The molecule has 3 aromatic carbocycles. The van der Waals surface area contributed by atoms with Gasteiger partial charge in [0.1, 0.15) is 52.9 Å². The Balaban J connectivity index is 0.860. The number of ether oxygens (including phenoxy) is 4. The lowest BCUT2D eigenvalue weighted by Gasteiger charge is -2.27. The van der Waals surface area contributed by atoms with E-state index in [4.69, 9.17) is 23.4 Å². The normalized spacial score (nSPS) is 23.5. The van der Waals surface area contributed by atoms with Gasteiger partial charge in [-0.15, -0.1) is 5.10 Å². The Morgan fingerprint density at radius 2 is 1.57 bits per heavy atom. The maximum atomic E-state index is 13.2. The van der Waals surface area contributed by atoms with E-state index in [0.29, 0.717) is 55.7 Å². The fourth-order valence-electron chi connectivity index (χ4n) is 8.13. The molecule has 7 atom stereocenters. The summed E-state index contributed by atoms with van der Waals surface area (Å²) in [6.45, 7) is 1.56. The van der Waals surface area contributed by atoms with Crippen molar-refractivity contribution < 1.29 is 48.3 Å². The van der Waals surface area contributed by atoms with Crippen molar-refractivity contribution in [1.29, 1.82) is 0 Å². The molecule has 3 fully saturated rings. The molecule has 3 aliphatic rings. The van der Waals surface area contributed by atoms with Crippen LogP contribution in [0, 0.1) is 0 Å². The molecule has 61 heavy (non-hydrogen) atoms. The second kappa shape index (κ2) is 18.1. The van der Waals surface area contributed by atoms with Gasteiger partial charge in [-0.05, 0) is 66.8 Å². The van der Waals surface area contributed by atoms with Gasteiger partial charge in [-0.2, -0.15) is 0 Å². The molecule has 322 valence electrons. The lowest BCUT2D eigenvalue weighted by atomic mass is 9.99. The Morgan fingerprint density at radius 1 is 0.869 bits per heavy atom. The van der Waals surface area contributed by atoms with Crippen molar-refractivity contribution in [3.8, 4) is 22.9 Å². The molecule has 0 saturated carbocycles. The molecule has 3 saturated heterocycles. The smallest absolute Gasteiger partial charge is 0.407 e. The van der Waals surface area contributed by atoms with Gasteiger partial charge in [0.25, 0.3) is 0 Å². The Labute approximate surface area is 349 Å². The van der Waals surface area contributed by atoms with Gasteiger partial charge in [0.2, 0.25) is 0 Å². The highest BCUT2D eigenvalue weighted by atomic mass is 16.6. The van der Waals surface area contributed by atoms with Crippen LogP contribution in [0.1, 0.15) is 23.2 Å². The fraction of sp³-hybridized carbons (Fsp3) is 0.405. The number of fused-ring (bicyclic) bond motifs is 1. The number of hydrogen-bond acceptors (Lipinski definition) is 16. The van der Waals surface area contributed by atoms with Gasteiger partial charge in [0.05, 0.1) is 45.1 Å². The lowest BCUT2D eigenvalue weighted by molar-refractivity contribution is 0.0179. The second-order valence-electron chi connectivity index (χ2n) is 15.4. The number of carbonyl (C=O) groups excluding carboxylic acids is 2. The minimum Gasteiger partial charge on any atom is -0.508 e. The molecule has 8 rings (SSSR count). The number of aliphatic hydroxyl groups excluding tert-OH is 2. The number of nitrogens with one attached hydrogen (secondary N) is 4. The topological polar surface area (TPSA) is 244 Å². The summed E-state index contributed by atoms with van der Waals surface area (Å²) in [6.07, 6.45) is -1.72. The van der Waals surface area contributed by atoms with Crippen LogP contribution >= 0.6 is 0 Å². The molecule has 0 bridgehead atoms. The van der Waals surface area contributed by atoms with Gasteiger partial charge in [-0.1, -0.05) is 23.4 Å². The molecular weight excluding hydrogens is 793 g/mol. The Morgan fingerprint density at radius 3 is 2.31 bits per heavy atom. The van der Waals surface area contributed by atoms with Gasteiger partial charge in [0, 0.05) is 49.4 Å². The van der Waals surface area contributed by atoms with E-state index in [1.807, 2.05) is 42.5 Å². The number of benzene rings is 3. The number of β-amino-alcohol motifs (C(OH)–C–C–N with tert-alkyl or cyclic N) is 2. The highest BCUT2D eigenvalue weighted by Gasteiger charge is 2.40. The van der Waals surface area contributed by atoms with Crippen LogP contribution in [0.25, 0.3) is 16.7 Å². The summed E-state index contributed by atoms with van der Waals surface area (Å²) in [5.41, 5.74) is 2.77. The summed E-state index contributed by atoms with van der Waals surface area (Å²) in [5, 5.41) is 52.0. The third-order valence-electron chi connectivity index (χ3n) is 11.3. The van der Waals surface area contributed by atoms with Crippen LogP contribution in [0.4, 0.5) is 15.3 Å². The van der Waals surface area contributed by atoms with E-state index in [-0.39, 0.29) is 42.2 Å². The molecule has 2 amide bonds. The number of methoxy groups -OCH3 is 2. The summed E-state index contributed by atoms with van der Waals surface area (Å²) in [5.74, 6) is 1.35. The first-order valence-electron chi connectivity index (χ1n) is 20.0. The van der Waals surface area contributed by atoms with Crippen LogP contribution in [0.3, 0.4) is 0 Å². The van der Waals surface area contributed by atoms with Crippen LogP contribution in [0.5, 0.6) is 17.2 Å². The number of alkyl carbamates (subject to hydrolysis) is 2. The van der Waals surface area contributed by atoms with Crippen LogP contribution in [-0.2, 0) is 28.9 Å². The zero-order valence-corrected chi connectivity index (χ0v) is 33.5. The van der Waals surface area contributed by atoms with Gasteiger partial charge in [-0.3, -0.25) is 0 Å². The van der Waals surface area contributed by atoms with Crippen molar-refractivity contribution in [3.05, 3.63) is 100 Å². The standard InChI is InChI=1S/C42H48N8O11/c1-57-29-8-3-23(4-9-29)13-31-38(35(52)19-43-31)61-42(56)46-26-11-12-49(21-26)33-17-30(58-2)10-6-24(33)14-32-39(36(53)20-44-32)60-41(55)45-18-27-22-50(48-47-27)34-15-25-5-7-28(51)16-37(25)59-40(34)54/h3-10,15-17,22,26,31-32,35-36,38-39,43-44,51-53H,11-14,18-21H2,1-2H3,(H,45,55)(H,46,56)/t26-,31+,32+,35-,36-,38-,39-/m0/s1. The SMILES string of the molecule is COc1ccc(C[C@H]2NC[C@H](O)[C@H]2OC(=O)N[C@H]2CCN(c3cc(OC)ccc3C[C@H]3NC[C@H](O)[C@H]3OC(=O)NCc3cn(-c4cc5ccc(O)cc5oc4=O)nn3)C2)cc1. The summed E-state index contributed by atoms with van der Waals surface area (Å²) in [6, 6.07) is 18.4. The highest BCUT2D eigenvalue weighted by Crippen LogP contribution is 2.32. The largest absolute Gasteiger partial charge is 0.508 e. The molecule has 0 unspecified atom stereocenters. The average molecular weight is 841 g/mol. The number of carbonyl (C=O) groups is 2. The summed E-state index contributed by atoms with van der Waals surface area (Å²) < 4.78 is 28.9. The zero-order chi connectivity index (χ0) is 42.6. The molecule has 3 aliphatic heterocycles. The number of aromatic hydroxyl groups is 1. The van der Waals surface area contributed by atoms with Gasteiger partial charge in [0.15, 0.2) is 5.69 Å². The Hall–Kier alpha value is -6.41. The average Bonchev–Trinajstić information content (AvgIpc) is 4.07. The maximum absolute atomic E-state index is 13.2. The summed E-state index contributed by atoms with van der Waals surface area (Å²) >= 11 is 0. The first kappa shape index (κ1) is 41.3. The maximum Gasteiger partial charge on any atom is 0.407 e. The number of aliphatic hydroxyl groups is 2. The highest BCUT2D eigenvalue weighted by molar-refractivity contribution is 5.79. The zero-order valence-electron chi connectivity index (χ0n) is 33.5. The number of aromatic nitrogens is 3. The van der Waals surface area contributed by atoms with Gasteiger partial charge >= 0.3 is 17.8 Å². The third-order valence-corrected chi connectivity index (χ3v) is 11.3. The number of amides is 2. The predicted octanol–water partition coefficient (Wildman–Crippen LogP) is 1.52. The fourth-order valence-corrected chi connectivity index (χ4v) is 8.13. The van der Waals surface area contributed by atoms with E-state index in [1.54, 1.807) is 26.4 Å². The van der Waals surface area contributed by atoms with E-state index in [9.17, 15) is 29.7 Å². The number of phenols is 1. The summed E-state index contributed by atoms with van der Waals surface area (Å²) in [4.78, 5) is 41.0. The minimum atomic E-state index is -0.969. The van der Waals surface area contributed by atoms with E-state index < -0.39 is 48.3 Å². The molecule has 5 aromatic rings. The van der Waals surface area contributed by atoms with Crippen molar-refractivity contribution in [2.45, 2.75) is 68.3 Å². The molecule has 0 aliphatic carbocycles. The number of phenolic OH excluding ortho intramolecular Hbond substituents is 1. The van der Waals surface area contributed by atoms with E-state index in [2.05, 4.69) is 36.5 Å². The molecule has 0 radical (unpaired) electrons. The summed E-state index contributed by atoms with van der Waals surface area (Å²) in [7, 11) is 3.19. The monoisotopic (exact) mass is 840 g/mol. The third kappa shape index (κ3) is 9.49. The molecular formula is C42H48N8O11. The van der Waals surface area contributed by atoms with Crippen LogP contribution < -0.4 is 41.3 Å². The van der Waals surface area contributed by atoms with E-state index in [1.165, 1.54) is 23.0 Å².